The lowest BCUT2D eigenvalue weighted by Gasteiger charge is -2.16. The van der Waals surface area contributed by atoms with E-state index in [-0.39, 0.29) is 6.04 Å². The van der Waals surface area contributed by atoms with Gasteiger partial charge in [0.2, 0.25) is 5.88 Å². The van der Waals surface area contributed by atoms with E-state index in [2.05, 4.69) is 10.4 Å². The zero-order chi connectivity index (χ0) is 11.4. The molecule has 2 rings (SSSR count). The van der Waals surface area contributed by atoms with Gasteiger partial charge in [-0.25, -0.2) is 10.4 Å². The van der Waals surface area contributed by atoms with Crippen LogP contribution in [0.15, 0.2) is 35.8 Å². The normalized spacial score (nSPS) is 12.4. The number of aromatic nitrogens is 1. The third-order valence-electron chi connectivity index (χ3n) is 2.30. The summed E-state index contributed by atoms with van der Waals surface area (Å²) in [7, 11) is 1.60. The first kappa shape index (κ1) is 11.1. The summed E-state index contributed by atoms with van der Waals surface area (Å²) in [5, 5.41) is 2.02. The highest BCUT2D eigenvalue weighted by Crippen LogP contribution is 2.29. The van der Waals surface area contributed by atoms with Crippen molar-refractivity contribution in [1.82, 2.24) is 10.4 Å². The van der Waals surface area contributed by atoms with Gasteiger partial charge in [0.15, 0.2) is 0 Å². The van der Waals surface area contributed by atoms with Crippen molar-refractivity contribution in [2.24, 2.45) is 5.84 Å². The minimum absolute atomic E-state index is 0.0800. The molecule has 0 aromatic carbocycles. The number of hydrazine groups is 1. The van der Waals surface area contributed by atoms with E-state index in [4.69, 9.17) is 10.6 Å². The number of nitrogens with zero attached hydrogens (tertiary/aromatic N) is 1. The zero-order valence-electron chi connectivity index (χ0n) is 8.88. The molecule has 1 unspecified atom stereocenters. The Hall–Kier alpha value is -1.43. The summed E-state index contributed by atoms with van der Waals surface area (Å²) in [6, 6.07) is 7.77. The van der Waals surface area contributed by atoms with Crippen molar-refractivity contribution >= 4 is 11.3 Å². The molecule has 2 heterocycles. The Labute approximate surface area is 98.1 Å². The molecule has 0 radical (unpaired) electrons. The van der Waals surface area contributed by atoms with Gasteiger partial charge >= 0.3 is 0 Å². The molecule has 4 nitrogen and oxygen atoms in total. The van der Waals surface area contributed by atoms with Crippen molar-refractivity contribution in [3.8, 4) is 5.88 Å². The molecule has 0 aliphatic rings. The largest absolute Gasteiger partial charge is 0.481 e. The minimum Gasteiger partial charge on any atom is -0.481 e. The van der Waals surface area contributed by atoms with Gasteiger partial charge in [0.25, 0.3) is 0 Å². The lowest BCUT2D eigenvalue weighted by atomic mass is 10.1. The van der Waals surface area contributed by atoms with Crippen LogP contribution in [0, 0.1) is 0 Å². The molecule has 84 valence electrons. The summed E-state index contributed by atoms with van der Waals surface area (Å²) in [5.41, 5.74) is 3.73. The highest BCUT2D eigenvalue weighted by Gasteiger charge is 2.17. The number of methoxy groups -OCH3 is 1. The summed E-state index contributed by atoms with van der Waals surface area (Å²) >= 11 is 1.64. The number of hydrogen-bond acceptors (Lipinski definition) is 5. The molecular weight excluding hydrogens is 222 g/mol. The number of ether oxygens (including phenoxy) is 1. The standard InChI is InChI=1S/C11H13N3OS/c1-15-11-8(4-2-6-13-11)10(14-12)9-5-3-7-16-9/h2-7,10,14H,12H2,1H3. The van der Waals surface area contributed by atoms with Crippen molar-refractivity contribution < 1.29 is 4.74 Å². The molecule has 0 saturated heterocycles. The average Bonchev–Trinajstić information content (AvgIpc) is 2.84. The van der Waals surface area contributed by atoms with E-state index in [1.54, 1.807) is 24.6 Å². The van der Waals surface area contributed by atoms with E-state index >= 15 is 0 Å². The summed E-state index contributed by atoms with van der Waals surface area (Å²) < 4.78 is 5.22. The highest BCUT2D eigenvalue weighted by molar-refractivity contribution is 7.10. The molecule has 5 heteroatoms. The first-order valence-electron chi connectivity index (χ1n) is 4.85. The van der Waals surface area contributed by atoms with Gasteiger partial charge in [-0.3, -0.25) is 5.84 Å². The Morgan fingerprint density at radius 2 is 2.31 bits per heavy atom. The maximum absolute atomic E-state index is 5.59. The van der Waals surface area contributed by atoms with Gasteiger partial charge in [0.1, 0.15) is 0 Å². The molecule has 2 aromatic rings. The van der Waals surface area contributed by atoms with Crippen molar-refractivity contribution in [2.45, 2.75) is 6.04 Å². The summed E-state index contributed by atoms with van der Waals surface area (Å²) in [5.74, 6) is 6.19. The van der Waals surface area contributed by atoms with Crippen LogP contribution in [-0.4, -0.2) is 12.1 Å². The Bertz CT molecular complexity index is 444. The average molecular weight is 235 g/mol. The van der Waals surface area contributed by atoms with Gasteiger partial charge in [0.05, 0.1) is 13.2 Å². The number of nitrogens with two attached hydrogens (primary N) is 1. The third kappa shape index (κ3) is 2.06. The predicted molar refractivity (Wildman–Crippen MR) is 64.3 cm³/mol. The van der Waals surface area contributed by atoms with Crippen LogP contribution in [0.25, 0.3) is 0 Å². The first-order chi connectivity index (χ1) is 7.86. The Balaban J connectivity index is 2.41. The van der Waals surface area contributed by atoms with Crippen LogP contribution >= 0.6 is 11.3 Å². The molecule has 0 aliphatic carbocycles. The monoisotopic (exact) mass is 235 g/mol. The first-order valence-corrected chi connectivity index (χ1v) is 5.73. The molecule has 0 fully saturated rings. The van der Waals surface area contributed by atoms with Gasteiger partial charge in [-0.1, -0.05) is 12.1 Å². The second-order valence-corrected chi connectivity index (χ2v) is 4.20. The molecule has 0 amide bonds. The van der Waals surface area contributed by atoms with Gasteiger partial charge < -0.3 is 4.74 Å². The van der Waals surface area contributed by atoms with E-state index in [0.29, 0.717) is 5.88 Å². The van der Waals surface area contributed by atoms with Crippen molar-refractivity contribution in [2.75, 3.05) is 7.11 Å². The fourth-order valence-electron chi connectivity index (χ4n) is 1.57. The smallest absolute Gasteiger partial charge is 0.218 e. The second kappa shape index (κ2) is 5.07. The molecular formula is C11H13N3OS. The molecule has 0 bridgehead atoms. The highest BCUT2D eigenvalue weighted by atomic mass is 32.1. The Kier molecular flexibility index (Phi) is 3.51. The van der Waals surface area contributed by atoms with Gasteiger partial charge in [-0.15, -0.1) is 11.3 Å². The van der Waals surface area contributed by atoms with E-state index in [9.17, 15) is 0 Å². The molecule has 0 spiro atoms. The second-order valence-electron chi connectivity index (χ2n) is 3.22. The quantitative estimate of drug-likeness (QED) is 0.625. The summed E-state index contributed by atoms with van der Waals surface area (Å²) in [6.07, 6.45) is 1.70. The predicted octanol–water partition coefficient (Wildman–Crippen LogP) is 1.70. The van der Waals surface area contributed by atoms with Crippen LogP contribution in [0.5, 0.6) is 5.88 Å². The molecule has 0 saturated carbocycles. The van der Waals surface area contributed by atoms with Gasteiger partial charge in [-0.2, -0.15) is 0 Å². The van der Waals surface area contributed by atoms with Crippen LogP contribution in [0.1, 0.15) is 16.5 Å². The zero-order valence-corrected chi connectivity index (χ0v) is 9.70. The van der Waals surface area contributed by atoms with Crippen LogP contribution in [-0.2, 0) is 0 Å². The van der Waals surface area contributed by atoms with Crippen molar-refractivity contribution in [3.63, 3.8) is 0 Å². The molecule has 0 aliphatic heterocycles. The molecule has 2 aromatic heterocycles. The Morgan fingerprint density at radius 1 is 1.44 bits per heavy atom. The van der Waals surface area contributed by atoms with Crippen LogP contribution in [0.3, 0.4) is 0 Å². The SMILES string of the molecule is COc1ncccc1C(NN)c1cccs1. The fraction of sp³-hybridized carbons (Fsp3) is 0.182. The molecule has 3 N–H and O–H groups in total. The lowest BCUT2D eigenvalue weighted by molar-refractivity contribution is 0.387. The molecule has 1 atom stereocenters. The van der Waals surface area contributed by atoms with Crippen molar-refractivity contribution in [3.05, 3.63) is 46.3 Å². The Morgan fingerprint density at radius 3 is 2.94 bits per heavy atom. The van der Waals surface area contributed by atoms with E-state index in [1.165, 1.54) is 0 Å². The fourth-order valence-corrected chi connectivity index (χ4v) is 2.38. The van der Waals surface area contributed by atoms with Crippen LogP contribution in [0.4, 0.5) is 0 Å². The maximum atomic E-state index is 5.59. The number of hydrogen-bond donors (Lipinski definition) is 2. The number of nitrogens with one attached hydrogen (secondary N) is 1. The van der Waals surface area contributed by atoms with E-state index in [0.717, 1.165) is 10.4 Å². The third-order valence-corrected chi connectivity index (χ3v) is 3.24. The number of rotatable bonds is 4. The van der Waals surface area contributed by atoms with Crippen LogP contribution < -0.4 is 16.0 Å². The van der Waals surface area contributed by atoms with Gasteiger partial charge in [0, 0.05) is 16.6 Å². The van der Waals surface area contributed by atoms with E-state index in [1.807, 2.05) is 29.6 Å². The van der Waals surface area contributed by atoms with Crippen LogP contribution in [0.2, 0.25) is 0 Å². The van der Waals surface area contributed by atoms with E-state index < -0.39 is 0 Å². The number of pyridine rings is 1. The topological polar surface area (TPSA) is 60.2 Å². The summed E-state index contributed by atoms with van der Waals surface area (Å²) in [4.78, 5) is 5.30. The minimum atomic E-state index is -0.0800. The molecule has 16 heavy (non-hydrogen) atoms. The van der Waals surface area contributed by atoms with Gasteiger partial charge in [-0.05, 0) is 17.5 Å². The van der Waals surface area contributed by atoms with Crippen molar-refractivity contribution in [1.29, 1.82) is 0 Å². The maximum Gasteiger partial charge on any atom is 0.218 e. The number of thiophene rings is 1. The summed E-state index contributed by atoms with van der Waals surface area (Å²) in [6.45, 7) is 0. The lowest BCUT2D eigenvalue weighted by Crippen LogP contribution is -2.28.